The lowest BCUT2D eigenvalue weighted by atomic mass is 9.79. The van der Waals surface area contributed by atoms with E-state index in [-0.39, 0.29) is 11.5 Å². The third-order valence-electron chi connectivity index (χ3n) is 3.65. The summed E-state index contributed by atoms with van der Waals surface area (Å²) in [5.74, 6) is 0. The van der Waals surface area contributed by atoms with Crippen molar-refractivity contribution in [3.8, 4) is 0 Å². The highest BCUT2D eigenvalue weighted by atomic mass is 35.5. The summed E-state index contributed by atoms with van der Waals surface area (Å²) in [5.41, 5.74) is 2.38. The van der Waals surface area contributed by atoms with Crippen molar-refractivity contribution >= 4 is 23.6 Å². The van der Waals surface area contributed by atoms with Crippen molar-refractivity contribution in [1.29, 1.82) is 0 Å². The molecule has 3 heteroatoms. The summed E-state index contributed by atoms with van der Waals surface area (Å²) in [4.78, 5) is 12.9. The highest BCUT2D eigenvalue weighted by molar-refractivity contribution is 6.30. The molecule has 1 aliphatic heterocycles. The van der Waals surface area contributed by atoms with E-state index in [0.29, 0.717) is 6.42 Å². The first-order chi connectivity index (χ1) is 7.48. The first kappa shape index (κ1) is 11.5. The number of likely N-dealkylation sites (N-methyl/N-ethyl adjacent to an activating group) is 1. The maximum Gasteiger partial charge on any atom is 0.122 e. The van der Waals surface area contributed by atoms with Crippen molar-refractivity contribution in [3.05, 3.63) is 28.8 Å². The summed E-state index contributed by atoms with van der Waals surface area (Å²) >= 11 is 6.04. The molecule has 86 valence electrons. The van der Waals surface area contributed by atoms with Crippen LogP contribution < -0.4 is 4.90 Å². The van der Waals surface area contributed by atoms with Crippen molar-refractivity contribution in [1.82, 2.24) is 0 Å². The zero-order chi connectivity index (χ0) is 11.9. The van der Waals surface area contributed by atoms with Crippen LogP contribution in [-0.4, -0.2) is 19.4 Å². The first-order valence-corrected chi connectivity index (χ1v) is 5.82. The monoisotopic (exact) mass is 237 g/mol. The molecule has 1 aromatic rings. The molecule has 0 aliphatic carbocycles. The Balaban J connectivity index is 2.52. The highest BCUT2D eigenvalue weighted by Crippen LogP contribution is 2.46. The number of halogens is 1. The van der Waals surface area contributed by atoms with Gasteiger partial charge in [0.15, 0.2) is 0 Å². The Kier molecular flexibility index (Phi) is 2.70. The molecule has 1 aromatic carbocycles. The van der Waals surface area contributed by atoms with Gasteiger partial charge in [0.25, 0.3) is 0 Å². The van der Waals surface area contributed by atoms with Crippen LogP contribution in [0.3, 0.4) is 0 Å². The predicted molar refractivity (Wildman–Crippen MR) is 67.4 cm³/mol. The quantitative estimate of drug-likeness (QED) is 0.737. The summed E-state index contributed by atoms with van der Waals surface area (Å²) in [6.45, 7) is 4.33. The lowest BCUT2D eigenvalue weighted by Gasteiger charge is -2.30. The number of carbonyl (C=O) groups excluding carboxylic acids is 1. The summed E-state index contributed by atoms with van der Waals surface area (Å²) in [7, 11) is 2.04. The zero-order valence-electron chi connectivity index (χ0n) is 9.83. The Morgan fingerprint density at radius 1 is 1.50 bits per heavy atom. The van der Waals surface area contributed by atoms with Gasteiger partial charge in [-0.05, 0) is 23.8 Å². The number of hydrogen-bond donors (Lipinski definition) is 0. The van der Waals surface area contributed by atoms with Crippen LogP contribution in [0.5, 0.6) is 0 Å². The van der Waals surface area contributed by atoms with Gasteiger partial charge < -0.3 is 9.69 Å². The van der Waals surface area contributed by atoms with Gasteiger partial charge in [-0.1, -0.05) is 25.4 Å². The van der Waals surface area contributed by atoms with Gasteiger partial charge in [-0.3, -0.25) is 0 Å². The molecule has 0 bridgehead atoms. The van der Waals surface area contributed by atoms with E-state index in [0.717, 1.165) is 11.3 Å². The fourth-order valence-corrected chi connectivity index (χ4v) is 2.88. The number of aldehydes is 1. The Bertz CT molecular complexity index is 428. The lowest BCUT2D eigenvalue weighted by Crippen LogP contribution is -2.39. The van der Waals surface area contributed by atoms with Gasteiger partial charge in [0, 0.05) is 35.6 Å². The van der Waals surface area contributed by atoms with Crippen molar-refractivity contribution in [3.63, 3.8) is 0 Å². The number of fused-ring (bicyclic) bond motifs is 1. The van der Waals surface area contributed by atoms with Crippen LogP contribution in [0.4, 0.5) is 5.69 Å². The zero-order valence-corrected chi connectivity index (χ0v) is 10.6. The average Bonchev–Trinajstić information content (AvgIpc) is 2.40. The maximum atomic E-state index is 10.8. The van der Waals surface area contributed by atoms with Crippen molar-refractivity contribution in [2.24, 2.45) is 0 Å². The highest BCUT2D eigenvalue weighted by Gasteiger charge is 2.42. The number of hydrogen-bond acceptors (Lipinski definition) is 2. The normalized spacial score (nSPS) is 22.0. The summed E-state index contributed by atoms with van der Waals surface area (Å²) in [6, 6.07) is 6.16. The SMILES string of the molecule is CN1c2ccc(Cl)cc2C(C)(C)C1CC=O. The molecule has 2 nitrogen and oxygen atoms in total. The Morgan fingerprint density at radius 2 is 2.19 bits per heavy atom. The first-order valence-electron chi connectivity index (χ1n) is 5.45. The molecule has 1 unspecified atom stereocenters. The van der Waals surface area contributed by atoms with Crippen molar-refractivity contribution < 1.29 is 4.79 Å². The second-order valence-electron chi connectivity index (χ2n) is 4.91. The van der Waals surface area contributed by atoms with Crippen LogP contribution in [-0.2, 0) is 10.2 Å². The molecular weight excluding hydrogens is 222 g/mol. The van der Waals surface area contributed by atoms with E-state index in [2.05, 4.69) is 18.7 Å². The summed E-state index contributed by atoms with van der Waals surface area (Å²) in [6.07, 6.45) is 1.55. The predicted octanol–water partition coefficient (Wildman–Crippen LogP) is 3.03. The molecule has 0 amide bonds. The third-order valence-corrected chi connectivity index (χ3v) is 3.89. The van der Waals surface area contributed by atoms with Crippen LogP contribution in [0.15, 0.2) is 18.2 Å². The van der Waals surface area contributed by atoms with Gasteiger partial charge in [0.2, 0.25) is 0 Å². The van der Waals surface area contributed by atoms with E-state index in [1.165, 1.54) is 11.3 Å². The molecule has 16 heavy (non-hydrogen) atoms. The number of rotatable bonds is 2. The van der Waals surface area contributed by atoms with Crippen LogP contribution in [0.25, 0.3) is 0 Å². The summed E-state index contributed by atoms with van der Waals surface area (Å²) in [5, 5.41) is 0.756. The van der Waals surface area contributed by atoms with Gasteiger partial charge in [-0.25, -0.2) is 0 Å². The van der Waals surface area contributed by atoms with Crippen LogP contribution in [0.2, 0.25) is 5.02 Å². The fourth-order valence-electron chi connectivity index (χ4n) is 2.71. The van der Waals surface area contributed by atoms with Crippen molar-refractivity contribution in [2.75, 3.05) is 11.9 Å². The number of carbonyl (C=O) groups is 1. The topological polar surface area (TPSA) is 20.3 Å². The molecule has 0 aromatic heterocycles. The third kappa shape index (κ3) is 1.52. The Labute approximate surface area is 101 Å². The minimum Gasteiger partial charge on any atom is -0.370 e. The maximum absolute atomic E-state index is 10.8. The van der Waals surface area contributed by atoms with Gasteiger partial charge in [0.05, 0.1) is 0 Å². The van der Waals surface area contributed by atoms with Gasteiger partial charge in [-0.2, -0.15) is 0 Å². The molecule has 2 rings (SSSR count). The van der Waals surface area contributed by atoms with E-state index in [1.54, 1.807) is 0 Å². The van der Waals surface area contributed by atoms with E-state index in [9.17, 15) is 4.79 Å². The average molecular weight is 238 g/mol. The van der Waals surface area contributed by atoms with Crippen molar-refractivity contribution in [2.45, 2.75) is 31.7 Å². The number of nitrogens with zero attached hydrogens (tertiary/aromatic N) is 1. The molecule has 0 fully saturated rings. The van der Waals surface area contributed by atoms with Gasteiger partial charge in [-0.15, -0.1) is 0 Å². The van der Waals surface area contributed by atoms with E-state index in [4.69, 9.17) is 11.6 Å². The van der Waals surface area contributed by atoms with E-state index in [1.807, 2.05) is 25.2 Å². The minimum atomic E-state index is -0.0319. The molecule has 0 saturated heterocycles. The number of benzene rings is 1. The van der Waals surface area contributed by atoms with Crippen LogP contribution >= 0.6 is 11.6 Å². The molecular formula is C13H16ClNO. The molecule has 1 heterocycles. The second-order valence-corrected chi connectivity index (χ2v) is 5.35. The molecule has 0 N–H and O–H groups in total. The summed E-state index contributed by atoms with van der Waals surface area (Å²) < 4.78 is 0. The molecule has 0 spiro atoms. The smallest absolute Gasteiger partial charge is 0.122 e. The standard InChI is InChI=1S/C13H16ClNO/c1-13(2)10-8-9(14)4-5-11(10)15(3)12(13)6-7-16/h4-5,7-8,12H,6H2,1-3H3. The molecule has 1 atom stereocenters. The van der Waals surface area contributed by atoms with Crippen LogP contribution in [0.1, 0.15) is 25.8 Å². The van der Waals surface area contributed by atoms with E-state index >= 15 is 0 Å². The lowest BCUT2D eigenvalue weighted by molar-refractivity contribution is -0.108. The Morgan fingerprint density at radius 3 is 2.81 bits per heavy atom. The molecule has 1 aliphatic rings. The second kappa shape index (κ2) is 3.77. The van der Waals surface area contributed by atoms with E-state index < -0.39 is 0 Å². The molecule has 0 radical (unpaired) electrons. The largest absolute Gasteiger partial charge is 0.370 e. The van der Waals surface area contributed by atoms with Gasteiger partial charge >= 0.3 is 0 Å². The number of anilines is 1. The minimum absolute atomic E-state index is 0.0319. The van der Waals surface area contributed by atoms with Gasteiger partial charge in [0.1, 0.15) is 6.29 Å². The molecule has 0 saturated carbocycles. The van der Waals surface area contributed by atoms with Crippen LogP contribution in [0, 0.1) is 0 Å². The Hall–Kier alpha value is -1.02. The fraction of sp³-hybridized carbons (Fsp3) is 0.462.